The highest BCUT2D eigenvalue weighted by atomic mass is 35.5. The Bertz CT molecular complexity index is 1270. The van der Waals surface area contributed by atoms with E-state index >= 15 is 0 Å². The molecule has 10 nitrogen and oxygen atoms in total. The van der Waals surface area contributed by atoms with E-state index in [1.807, 2.05) is 48.5 Å². The number of nitrogens with one attached hydrogen (secondary N) is 6. The molecule has 5 rings (SSSR count). The summed E-state index contributed by atoms with van der Waals surface area (Å²) in [6.45, 7) is 3.39. The molecule has 0 bridgehead atoms. The number of aliphatic imine (C=N–C) groups is 2. The Morgan fingerprint density at radius 3 is 1.35 bits per heavy atom. The standard InChI is InChI=1S/C28H30N8O2.2ClH/c37-27(35-23-7-1-5-19(17-23)25-29-13-3-14-30-25)33-21-9-11-22(12-10-21)34-28(38)36-24-8-2-6-20(18-24)26-31-15-4-16-32-26;;/h1-2,5-12,17-18H,3-4,13-16H2,(H,29,30)(H,31,32)(H2,33,35,37)(H2,34,36,38);2*1H. The molecule has 2 heterocycles. The summed E-state index contributed by atoms with van der Waals surface area (Å²) in [6, 6.07) is 21.3. The Morgan fingerprint density at radius 2 is 0.975 bits per heavy atom. The van der Waals surface area contributed by atoms with Crippen LogP contribution in [0.4, 0.5) is 32.3 Å². The molecule has 0 aliphatic carbocycles. The van der Waals surface area contributed by atoms with Crippen LogP contribution < -0.4 is 31.9 Å². The lowest BCUT2D eigenvalue weighted by Gasteiger charge is -2.16. The fraction of sp³-hybridized carbons (Fsp3) is 0.214. The van der Waals surface area contributed by atoms with Gasteiger partial charge in [-0.15, -0.1) is 24.8 Å². The molecule has 0 fully saturated rings. The van der Waals surface area contributed by atoms with Crippen LogP contribution in [-0.4, -0.2) is 49.9 Å². The van der Waals surface area contributed by atoms with Crippen LogP contribution in [0.2, 0.25) is 0 Å². The second-order valence-electron chi connectivity index (χ2n) is 8.92. The lowest BCUT2D eigenvalue weighted by molar-refractivity contribution is 0.261. The number of rotatable bonds is 6. The van der Waals surface area contributed by atoms with Gasteiger partial charge in [-0.2, -0.15) is 0 Å². The van der Waals surface area contributed by atoms with Crippen molar-refractivity contribution in [3.05, 3.63) is 83.9 Å². The molecule has 4 amide bonds. The van der Waals surface area contributed by atoms with E-state index in [1.54, 1.807) is 24.3 Å². The molecule has 0 radical (unpaired) electrons. The largest absolute Gasteiger partial charge is 0.370 e. The molecule has 2 aliphatic heterocycles. The molecule has 0 atom stereocenters. The van der Waals surface area contributed by atoms with Crippen molar-refractivity contribution in [2.24, 2.45) is 9.98 Å². The number of benzene rings is 3. The lowest BCUT2D eigenvalue weighted by atomic mass is 10.1. The van der Waals surface area contributed by atoms with Crippen molar-refractivity contribution in [1.29, 1.82) is 0 Å². The molecule has 210 valence electrons. The minimum atomic E-state index is -0.365. The fourth-order valence-electron chi connectivity index (χ4n) is 4.16. The van der Waals surface area contributed by atoms with Crippen molar-refractivity contribution in [3.63, 3.8) is 0 Å². The van der Waals surface area contributed by atoms with Crippen molar-refractivity contribution in [2.45, 2.75) is 12.8 Å². The van der Waals surface area contributed by atoms with Crippen molar-refractivity contribution in [3.8, 4) is 0 Å². The molecule has 0 spiro atoms. The summed E-state index contributed by atoms with van der Waals surface area (Å²) in [4.78, 5) is 34.0. The van der Waals surface area contributed by atoms with Gasteiger partial charge in [-0.3, -0.25) is 9.98 Å². The van der Waals surface area contributed by atoms with E-state index in [-0.39, 0.29) is 36.9 Å². The molecular weight excluding hydrogens is 551 g/mol. The number of amides is 4. The molecule has 0 saturated carbocycles. The molecule has 6 N–H and O–H groups in total. The first-order valence-corrected chi connectivity index (χ1v) is 12.7. The van der Waals surface area contributed by atoms with Crippen LogP contribution in [0.15, 0.2) is 82.8 Å². The summed E-state index contributed by atoms with van der Waals surface area (Å²) in [5.74, 6) is 1.69. The van der Waals surface area contributed by atoms with Crippen LogP contribution in [0.25, 0.3) is 0 Å². The lowest BCUT2D eigenvalue weighted by Crippen LogP contribution is -2.30. The van der Waals surface area contributed by atoms with Gasteiger partial charge in [0.1, 0.15) is 11.7 Å². The number of halogens is 2. The maximum absolute atomic E-state index is 12.5. The minimum absolute atomic E-state index is 0. The molecule has 12 heteroatoms. The smallest absolute Gasteiger partial charge is 0.323 e. The van der Waals surface area contributed by atoms with E-state index in [0.717, 1.165) is 61.8 Å². The molecule has 2 aliphatic rings. The summed E-state index contributed by atoms with van der Waals surface area (Å²) in [5, 5.41) is 17.9. The Balaban J connectivity index is 0.00000220. The average Bonchev–Trinajstić information content (AvgIpc) is 2.95. The zero-order valence-corrected chi connectivity index (χ0v) is 23.3. The van der Waals surface area contributed by atoms with Crippen molar-refractivity contribution >= 4 is 71.3 Å². The van der Waals surface area contributed by atoms with Crippen molar-refractivity contribution in [1.82, 2.24) is 10.6 Å². The number of hydrogen-bond acceptors (Lipinski definition) is 6. The Kier molecular flexibility index (Phi) is 11.2. The maximum atomic E-state index is 12.5. The predicted molar refractivity (Wildman–Crippen MR) is 167 cm³/mol. The number of hydrogen-bond donors (Lipinski definition) is 6. The Morgan fingerprint density at radius 1 is 0.575 bits per heavy atom. The molecule has 0 unspecified atom stereocenters. The predicted octanol–water partition coefficient (Wildman–Crippen LogP) is 5.30. The van der Waals surface area contributed by atoms with Crippen LogP contribution in [0.1, 0.15) is 24.0 Å². The van der Waals surface area contributed by atoms with Crippen LogP contribution in [0.3, 0.4) is 0 Å². The highest BCUT2D eigenvalue weighted by Gasteiger charge is 2.11. The third-order valence-electron chi connectivity index (χ3n) is 5.98. The first-order valence-electron chi connectivity index (χ1n) is 12.7. The number of urea groups is 2. The summed E-state index contributed by atoms with van der Waals surface area (Å²) >= 11 is 0. The first kappa shape index (κ1) is 30.3. The Hall–Kier alpha value is -4.28. The summed E-state index contributed by atoms with van der Waals surface area (Å²) in [7, 11) is 0. The zero-order valence-electron chi connectivity index (χ0n) is 21.7. The summed E-state index contributed by atoms with van der Waals surface area (Å²) in [5.41, 5.74) is 4.39. The van der Waals surface area contributed by atoms with Crippen LogP contribution in [-0.2, 0) is 0 Å². The van der Waals surface area contributed by atoms with Crippen LogP contribution in [0, 0.1) is 0 Å². The number of carbonyl (C=O) groups excluding carboxylic acids is 2. The average molecular weight is 584 g/mol. The van der Waals surface area contributed by atoms with Gasteiger partial charge in [-0.1, -0.05) is 24.3 Å². The van der Waals surface area contributed by atoms with Crippen LogP contribution >= 0.6 is 24.8 Å². The molecule has 0 aromatic heterocycles. The molecule has 3 aromatic rings. The van der Waals surface area contributed by atoms with E-state index in [9.17, 15) is 9.59 Å². The SMILES string of the molecule is Cl.Cl.O=C(Nc1ccc(NC(=O)Nc2cccc(C3=NCCCN3)c2)cc1)Nc1cccc(C2=NCCCN2)c1. The van der Waals surface area contributed by atoms with Crippen molar-refractivity contribution in [2.75, 3.05) is 47.4 Å². The highest BCUT2D eigenvalue weighted by Crippen LogP contribution is 2.17. The topological polar surface area (TPSA) is 131 Å². The second kappa shape index (κ2) is 14.8. The zero-order chi connectivity index (χ0) is 26.2. The van der Waals surface area contributed by atoms with Crippen molar-refractivity contribution < 1.29 is 9.59 Å². The molecular formula is C28H32Cl2N8O2. The molecule has 0 saturated heterocycles. The van der Waals surface area contributed by atoms with E-state index in [0.29, 0.717) is 22.7 Å². The fourth-order valence-corrected chi connectivity index (χ4v) is 4.16. The van der Waals surface area contributed by atoms with Gasteiger partial charge in [0.15, 0.2) is 0 Å². The van der Waals surface area contributed by atoms with E-state index < -0.39 is 0 Å². The monoisotopic (exact) mass is 582 g/mol. The van der Waals surface area contributed by atoms with Gasteiger partial charge >= 0.3 is 12.1 Å². The number of amidine groups is 2. The minimum Gasteiger partial charge on any atom is -0.370 e. The van der Waals surface area contributed by atoms with Gasteiger partial charge in [0.05, 0.1) is 0 Å². The van der Waals surface area contributed by atoms with Gasteiger partial charge in [0, 0.05) is 60.1 Å². The van der Waals surface area contributed by atoms with E-state index in [4.69, 9.17) is 0 Å². The van der Waals surface area contributed by atoms with Gasteiger partial charge < -0.3 is 31.9 Å². The normalized spacial score (nSPS) is 13.9. The molecule has 3 aromatic carbocycles. The number of carbonyl (C=O) groups is 2. The maximum Gasteiger partial charge on any atom is 0.323 e. The van der Waals surface area contributed by atoms with Gasteiger partial charge in [0.25, 0.3) is 0 Å². The third kappa shape index (κ3) is 8.36. The third-order valence-corrected chi connectivity index (χ3v) is 5.98. The highest BCUT2D eigenvalue weighted by molar-refractivity contribution is 6.04. The van der Waals surface area contributed by atoms with Gasteiger partial charge in [-0.25, -0.2) is 9.59 Å². The van der Waals surface area contributed by atoms with E-state index in [2.05, 4.69) is 41.9 Å². The Labute approximate surface area is 245 Å². The first-order chi connectivity index (χ1) is 18.6. The van der Waals surface area contributed by atoms with Gasteiger partial charge in [0.2, 0.25) is 0 Å². The van der Waals surface area contributed by atoms with Gasteiger partial charge in [-0.05, 0) is 61.4 Å². The summed E-state index contributed by atoms with van der Waals surface area (Å²) in [6.07, 6.45) is 2.04. The van der Waals surface area contributed by atoms with E-state index in [1.165, 1.54) is 0 Å². The number of nitrogens with zero attached hydrogens (tertiary/aromatic N) is 2. The molecule has 40 heavy (non-hydrogen) atoms. The number of anilines is 4. The quantitative estimate of drug-likeness (QED) is 0.235. The second-order valence-corrected chi connectivity index (χ2v) is 8.92. The summed E-state index contributed by atoms with van der Waals surface area (Å²) < 4.78 is 0. The van der Waals surface area contributed by atoms with Crippen LogP contribution in [0.5, 0.6) is 0 Å².